The minimum atomic E-state index is -0.384. The van der Waals surface area contributed by atoms with E-state index in [9.17, 15) is 0 Å². The fourth-order valence-corrected chi connectivity index (χ4v) is 2.34. The first-order valence-corrected chi connectivity index (χ1v) is 6.46. The van der Waals surface area contributed by atoms with Crippen LogP contribution in [0.4, 0.5) is 0 Å². The Morgan fingerprint density at radius 2 is 2.25 bits per heavy atom. The fraction of sp³-hybridized carbons (Fsp3) is 0.727. The van der Waals surface area contributed by atoms with E-state index in [4.69, 9.17) is 9.47 Å². The molecule has 16 heavy (non-hydrogen) atoms. The molecule has 0 aromatic carbocycles. The van der Waals surface area contributed by atoms with E-state index in [0.29, 0.717) is 13.2 Å². The topological polar surface area (TPSA) is 43.4 Å². The average molecular weight is 242 g/mol. The molecule has 1 aromatic heterocycles. The lowest BCUT2D eigenvalue weighted by Gasteiger charge is -2.22. The number of hydrogen-bond acceptors (Lipinski definition) is 5. The highest BCUT2D eigenvalue weighted by Gasteiger charge is 2.29. The molecule has 0 aliphatic carbocycles. The second-order valence-corrected chi connectivity index (χ2v) is 5.18. The first-order valence-electron chi connectivity index (χ1n) is 5.58. The maximum atomic E-state index is 5.52. The molecule has 5 heteroatoms. The Hall–Kier alpha value is -0.490. The first kappa shape index (κ1) is 12.0. The average Bonchev–Trinajstić information content (AvgIpc) is 2.84. The van der Waals surface area contributed by atoms with Crippen molar-refractivity contribution in [3.63, 3.8) is 0 Å². The Morgan fingerprint density at radius 3 is 2.88 bits per heavy atom. The Kier molecular flexibility index (Phi) is 3.91. The number of thiazole rings is 1. The Labute approximate surface area is 100.0 Å². The molecule has 1 aliphatic rings. The van der Waals surface area contributed by atoms with E-state index < -0.39 is 0 Å². The normalized spacial score (nSPS) is 19.1. The van der Waals surface area contributed by atoms with Gasteiger partial charge in [0.15, 0.2) is 5.79 Å². The molecule has 4 nitrogen and oxygen atoms in total. The summed E-state index contributed by atoms with van der Waals surface area (Å²) in [7, 11) is 0. The van der Waals surface area contributed by atoms with Gasteiger partial charge in [-0.1, -0.05) is 0 Å². The van der Waals surface area contributed by atoms with Crippen molar-refractivity contribution in [1.29, 1.82) is 0 Å². The Balaban J connectivity index is 1.65. The maximum Gasteiger partial charge on any atom is 0.166 e. The summed E-state index contributed by atoms with van der Waals surface area (Å²) in [6.45, 7) is 7.14. The van der Waals surface area contributed by atoms with E-state index in [2.05, 4.69) is 15.7 Å². The van der Waals surface area contributed by atoms with E-state index >= 15 is 0 Å². The van der Waals surface area contributed by atoms with Gasteiger partial charge in [-0.15, -0.1) is 11.3 Å². The molecule has 0 saturated carbocycles. The van der Waals surface area contributed by atoms with Crippen LogP contribution in [0.1, 0.15) is 24.0 Å². The van der Waals surface area contributed by atoms with Crippen molar-refractivity contribution in [3.05, 3.63) is 16.1 Å². The highest BCUT2D eigenvalue weighted by molar-refractivity contribution is 7.09. The van der Waals surface area contributed by atoms with Crippen LogP contribution in [0.25, 0.3) is 0 Å². The van der Waals surface area contributed by atoms with E-state index in [0.717, 1.165) is 30.2 Å². The first-order chi connectivity index (χ1) is 7.68. The number of aromatic nitrogens is 1. The van der Waals surface area contributed by atoms with Crippen molar-refractivity contribution < 1.29 is 9.47 Å². The van der Waals surface area contributed by atoms with Crippen LogP contribution in [0.2, 0.25) is 0 Å². The summed E-state index contributed by atoms with van der Waals surface area (Å²) in [5, 5.41) is 6.56. The van der Waals surface area contributed by atoms with Crippen LogP contribution in [-0.2, 0) is 16.0 Å². The lowest BCUT2D eigenvalue weighted by Crippen LogP contribution is -2.30. The molecule has 2 heterocycles. The molecule has 90 valence electrons. The van der Waals surface area contributed by atoms with Gasteiger partial charge in [-0.25, -0.2) is 4.98 Å². The zero-order valence-electron chi connectivity index (χ0n) is 9.78. The van der Waals surface area contributed by atoms with Crippen LogP contribution < -0.4 is 5.32 Å². The highest BCUT2D eigenvalue weighted by atomic mass is 32.1. The van der Waals surface area contributed by atoms with Gasteiger partial charge in [0, 0.05) is 24.9 Å². The molecule has 2 rings (SSSR count). The van der Waals surface area contributed by atoms with Gasteiger partial charge in [0.2, 0.25) is 0 Å². The van der Waals surface area contributed by atoms with Gasteiger partial charge < -0.3 is 14.8 Å². The minimum Gasteiger partial charge on any atom is -0.348 e. The molecule has 0 amide bonds. The van der Waals surface area contributed by atoms with Gasteiger partial charge in [-0.05, 0) is 13.8 Å². The summed E-state index contributed by atoms with van der Waals surface area (Å²) >= 11 is 1.69. The molecule has 1 fully saturated rings. The van der Waals surface area contributed by atoms with Gasteiger partial charge in [-0.2, -0.15) is 0 Å². The van der Waals surface area contributed by atoms with E-state index in [1.165, 1.54) is 0 Å². The quantitative estimate of drug-likeness (QED) is 0.798. The van der Waals surface area contributed by atoms with Crippen molar-refractivity contribution in [3.8, 4) is 0 Å². The van der Waals surface area contributed by atoms with Gasteiger partial charge in [-0.3, -0.25) is 0 Å². The number of ether oxygens (including phenoxy) is 2. The number of nitrogens with one attached hydrogen (secondary N) is 1. The number of rotatable bonds is 5. The second kappa shape index (κ2) is 5.23. The third-order valence-electron chi connectivity index (χ3n) is 2.63. The summed E-state index contributed by atoms with van der Waals surface area (Å²) in [6.07, 6.45) is 0.871. The van der Waals surface area contributed by atoms with Crippen molar-refractivity contribution in [2.75, 3.05) is 19.8 Å². The summed E-state index contributed by atoms with van der Waals surface area (Å²) < 4.78 is 11.0. The van der Waals surface area contributed by atoms with E-state index in [1.807, 2.05) is 13.8 Å². The van der Waals surface area contributed by atoms with Gasteiger partial charge in [0.05, 0.1) is 23.9 Å². The van der Waals surface area contributed by atoms with Crippen LogP contribution >= 0.6 is 11.3 Å². The van der Waals surface area contributed by atoms with Crippen LogP contribution in [-0.4, -0.2) is 30.5 Å². The molecular weight excluding hydrogens is 224 g/mol. The largest absolute Gasteiger partial charge is 0.348 e. The molecule has 0 spiro atoms. The van der Waals surface area contributed by atoms with Crippen molar-refractivity contribution in [1.82, 2.24) is 10.3 Å². The predicted molar refractivity (Wildman–Crippen MR) is 63.5 cm³/mol. The summed E-state index contributed by atoms with van der Waals surface area (Å²) in [6, 6.07) is 0. The van der Waals surface area contributed by atoms with Crippen molar-refractivity contribution in [2.24, 2.45) is 0 Å². The lowest BCUT2D eigenvalue weighted by molar-refractivity contribution is -0.145. The smallest absolute Gasteiger partial charge is 0.166 e. The zero-order chi connectivity index (χ0) is 11.4. The predicted octanol–water partition coefficient (Wildman–Crippen LogP) is 1.69. The summed E-state index contributed by atoms with van der Waals surface area (Å²) in [4.78, 5) is 4.39. The Morgan fingerprint density at radius 1 is 1.50 bits per heavy atom. The number of aryl methyl sites for hydroxylation is 1. The molecule has 1 aliphatic heterocycles. The van der Waals surface area contributed by atoms with Crippen LogP contribution in [0.3, 0.4) is 0 Å². The lowest BCUT2D eigenvalue weighted by atomic mass is 10.2. The highest BCUT2D eigenvalue weighted by Crippen LogP contribution is 2.21. The summed E-state index contributed by atoms with van der Waals surface area (Å²) in [5.74, 6) is -0.384. The van der Waals surface area contributed by atoms with Gasteiger partial charge in [0.1, 0.15) is 0 Å². The molecular formula is C11H18N2O2S. The van der Waals surface area contributed by atoms with E-state index in [-0.39, 0.29) is 5.79 Å². The SMILES string of the molecule is Cc1nc(CNCCC2(C)OCCO2)cs1. The number of hydrogen-bond donors (Lipinski definition) is 1. The van der Waals surface area contributed by atoms with Crippen LogP contribution in [0.15, 0.2) is 5.38 Å². The third kappa shape index (κ3) is 3.25. The van der Waals surface area contributed by atoms with Crippen molar-refractivity contribution in [2.45, 2.75) is 32.6 Å². The van der Waals surface area contributed by atoms with Crippen molar-refractivity contribution >= 4 is 11.3 Å². The molecule has 0 atom stereocenters. The number of nitrogens with zero attached hydrogens (tertiary/aromatic N) is 1. The van der Waals surface area contributed by atoms with Gasteiger partial charge in [0.25, 0.3) is 0 Å². The molecule has 0 unspecified atom stereocenters. The summed E-state index contributed by atoms with van der Waals surface area (Å²) in [5.41, 5.74) is 1.11. The van der Waals surface area contributed by atoms with E-state index in [1.54, 1.807) is 11.3 Å². The molecule has 1 saturated heterocycles. The second-order valence-electron chi connectivity index (χ2n) is 4.12. The third-order valence-corrected chi connectivity index (χ3v) is 3.45. The fourth-order valence-electron chi connectivity index (χ4n) is 1.72. The molecule has 1 N–H and O–H groups in total. The maximum absolute atomic E-state index is 5.52. The van der Waals surface area contributed by atoms with Crippen LogP contribution in [0.5, 0.6) is 0 Å². The molecule has 0 bridgehead atoms. The Bertz CT molecular complexity index is 334. The minimum absolute atomic E-state index is 0.384. The molecule has 1 aromatic rings. The van der Waals surface area contributed by atoms with Crippen LogP contribution in [0, 0.1) is 6.92 Å². The van der Waals surface area contributed by atoms with Gasteiger partial charge >= 0.3 is 0 Å². The zero-order valence-corrected chi connectivity index (χ0v) is 10.6. The monoisotopic (exact) mass is 242 g/mol. The molecule has 0 radical (unpaired) electrons. The standard InChI is InChI=1S/C11H18N2O2S/c1-9-13-10(8-16-9)7-12-4-3-11(2)14-5-6-15-11/h8,12H,3-7H2,1-2H3.